The molecule has 1 heterocycles. The number of carboxylic acids is 1. The Balaban J connectivity index is 2.29. The van der Waals surface area contributed by atoms with Crippen LogP contribution in [-0.4, -0.2) is 84.3 Å². The zero-order chi connectivity index (χ0) is 28.1. The third kappa shape index (κ3) is 10.5. The first kappa shape index (κ1) is 29.5. The Bertz CT molecular complexity index is 1060. The molecule has 5 amide bonds. The molecule has 0 spiro atoms. The molecule has 0 aliphatic carbocycles. The first-order valence-electron chi connectivity index (χ1n) is 11.8. The number of carbonyl (C=O) groups is 6. The Morgan fingerprint density at radius 2 is 1.53 bits per heavy atom. The summed E-state index contributed by atoms with van der Waals surface area (Å²) < 4.78 is 0. The minimum atomic E-state index is -1.58. The van der Waals surface area contributed by atoms with Crippen LogP contribution in [0.25, 0.3) is 0 Å². The highest BCUT2D eigenvalue weighted by atomic mass is 16.4. The van der Waals surface area contributed by atoms with E-state index in [4.69, 9.17) is 11.5 Å². The van der Waals surface area contributed by atoms with Crippen molar-refractivity contribution in [1.29, 1.82) is 0 Å². The van der Waals surface area contributed by atoms with Gasteiger partial charge in [-0.05, 0) is 18.4 Å². The maximum absolute atomic E-state index is 13.2. The average molecular weight is 533 g/mol. The molecule has 0 aromatic heterocycles. The molecule has 15 heteroatoms. The van der Waals surface area contributed by atoms with Gasteiger partial charge in [0.2, 0.25) is 29.5 Å². The molecule has 1 saturated heterocycles. The second kappa shape index (κ2) is 14.8. The highest BCUT2D eigenvalue weighted by Gasteiger charge is 2.29. The Hall–Kier alpha value is -4.69. The fraction of sp³-hybridized carbons (Fsp3) is 0.435. The number of guanidine groups is 1. The van der Waals surface area contributed by atoms with Crippen LogP contribution in [0.5, 0.6) is 0 Å². The second-order valence-electron chi connectivity index (χ2n) is 8.48. The number of amides is 5. The highest BCUT2D eigenvalue weighted by molar-refractivity contribution is 5.96. The van der Waals surface area contributed by atoms with Crippen LogP contribution in [-0.2, 0) is 35.2 Å². The largest absolute Gasteiger partial charge is 0.480 e. The predicted molar refractivity (Wildman–Crippen MR) is 134 cm³/mol. The first-order valence-corrected chi connectivity index (χ1v) is 11.8. The van der Waals surface area contributed by atoms with Crippen molar-refractivity contribution in [2.45, 2.75) is 43.8 Å². The van der Waals surface area contributed by atoms with E-state index in [-0.39, 0.29) is 25.3 Å². The van der Waals surface area contributed by atoms with Gasteiger partial charge in [0.1, 0.15) is 18.1 Å². The van der Waals surface area contributed by atoms with E-state index in [1.807, 2.05) is 0 Å². The molecule has 1 aliphatic heterocycles. The number of carboxylic acid groups (broad SMARTS) is 1. The Morgan fingerprint density at radius 1 is 0.868 bits per heavy atom. The molecular weight excluding hydrogens is 500 g/mol. The summed E-state index contributed by atoms with van der Waals surface area (Å²) in [5.74, 6) is -5.39. The van der Waals surface area contributed by atoms with Crippen LogP contribution in [0.4, 0.5) is 0 Å². The van der Waals surface area contributed by atoms with Crippen LogP contribution in [0.1, 0.15) is 24.8 Å². The van der Waals surface area contributed by atoms with Gasteiger partial charge in [0.15, 0.2) is 5.96 Å². The van der Waals surface area contributed by atoms with Crippen molar-refractivity contribution in [3.8, 4) is 0 Å². The number of rotatable bonds is 7. The first-order chi connectivity index (χ1) is 18.0. The molecule has 2 rings (SSSR count). The fourth-order valence-corrected chi connectivity index (χ4v) is 3.52. The molecule has 1 fully saturated rings. The van der Waals surface area contributed by atoms with E-state index in [1.54, 1.807) is 30.3 Å². The number of nitrogens with one attached hydrogen (secondary N) is 5. The molecule has 15 nitrogen and oxygen atoms in total. The second-order valence-corrected chi connectivity index (χ2v) is 8.48. The number of nitrogens with zero attached hydrogens (tertiary/aromatic N) is 1. The van der Waals surface area contributed by atoms with E-state index in [1.165, 1.54) is 0 Å². The van der Waals surface area contributed by atoms with E-state index in [2.05, 4.69) is 31.6 Å². The standard InChI is InChI=1S/C23H32N8O7/c24-23(25)26-8-4-7-14-21(36)31-15(9-13-5-2-1-3-6-13)20(35)28-12-19(34)30-16(22(37)38)10-17(32)27-11-18(33)29-14/h1-3,5-6,14-16H,4,7-12H2,(H,27,32)(H,28,35)(H,29,33)(H,30,34)(H,31,36)(H,37,38)(H4,24,25,26)/t14-,15+,16-/m0/s1. The Labute approximate surface area is 218 Å². The summed E-state index contributed by atoms with van der Waals surface area (Å²) in [5.41, 5.74) is 11.3. The van der Waals surface area contributed by atoms with Gasteiger partial charge in [-0.1, -0.05) is 30.3 Å². The van der Waals surface area contributed by atoms with Crippen molar-refractivity contribution >= 4 is 41.5 Å². The van der Waals surface area contributed by atoms with Gasteiger partial charge in [-0.2, -0.15) is 0 Å². The molecule has 1 aromatic rings. The summed E-state index contributed by atoms with van der Waals surface area (Å²) in [6.07, 6.45) is -0.173. The quantitative estimate of drug-likeness (QED) is 0.0982. The fourth-order valence-electron chi connectivity index (χ4n) is 3.52. The lowest BCUT2D eigenvalue weighted by Gasteiger charge is -2.24. The number of hydrogen-bond acceptors (Lipinski definition) is 7. The maximum atomic E-state index is 13.2. The molecule has 38 heavy (non-hydrogen) atoms. The summed E-state index contributed by atoms with van der Waals surface area (Å²) in [4.78, 5) is 78.3. The van der Waals surface area contributed by atoms with Gasteiger partial charge in [0, 0.05) is 13.0 Å². The van der Waals surface area contributed by atoms with E-state index < -0.39 is 73.1 Å². The van der Waals surface area contributed by atoms with Crippen LogP contribution in [0.2, 0.25) is 0 Å². The van der Waals surface area contributed by atoms with E-state index in [9.17, 15) is 33.9 Å². The van der Waals surface area contributed by atoms with Crippen LogP contribution >= 0.6 is 0 Å². The Morgan fingerprint density at radius 3 is 2.18 bits per heavy atom. The van der Waals surface area contributed by atoms with Gasteiger partial charge in [-0.3, -0.25) is 29.0 Å². The molecule has 3 atom stereocenters. The van der Waals surface area contributed by atoms with Crippen LogP contribution < -0.4 is 38.1 Å². The van der Waals surface area contributed by atoms with Gasteiger partial charge >= 0.3 is 5.97 Å². The zero-order valence-corrected chi connectivity index (χ0v) is 20.6. The number of benzene rings is 1. The van der Waals surface area contributed by atoms with Crippen molar-refractivity contribution in [1.82, 2.24) is 26.6 Å². The minimum absolute atomic E-state index is 0.0719. The van der Waals surface area contributed by atoms with Gasteiger partial charge in [0.05, 0.1) is 19.5 Å². The molecular formula is C23H32N8O7. The lowest BCUT2D eigenvalue weighted by Crippen LogP contribution is -2.57. The monoisotopic (exact) mass is 532 g/mol. The van der Waals surface area contributed by atoms with Gasteiger partial charge in [-0.25, -0.2) is 4.79 Å². The van der Waals surface area contributed by atoms with Crippen molar-refractivity contribution in [2.24, 2.45) is 16.5 Å². The van der Waals surface area contributed by atoms with Gasteiger partial charge in [-0.15, -0.1) is 0 Å². The smallest absolute Gasteiger partial charge is 0.326 e. The SMILES string of the molecule is NC(N)=NCCC[C@@H]1NC(=O)CNC(=O)C[C@@H](C(=O)O)NC(=O)CNC(=O)[C@@H](Cc2ccccc2)NC1=O. The summed E-state index contributed by atoms with van der Waals surface area (Å²) >= 11 is 0. The van der Waals surface area contributed by atoms with Crippen molar-refractivity contribution in [3.63, 3.8) is 0 Å². The van der Waals surface area contributed by atoms with E-state index in [0.29, 0.717) is 12.0 Å². The molecule has 1 aromatic carbocycles. The summed E-state index contributed by atoms with van der Waals surface area (Å²) in [7, 11) is 0. The lowest BCUT2D eigenvalue weighted by atomic mass is 10.0. The van der Waals surface area contributed by atoms with E-state index >= 15 is 0 Å². The number of aliphatic carboxylic acids is 1. The Kier molecular flexibility index (Phi) is 11.5. The normalized spacial score (nSPS) is 21.7. The predicted octanol–water partition coefficient (Wildman–Crippen LogP) is -3.54. The molecule has 0 unspecified atom stereocenters. The summed E-state index contributed by atoms with van der Waals surface area (Å²) in [6.45, 7) is -0.965. The third-order valence-corrected chi connectivity index (χ3v) is 5.40. The average Bonchev–Trinajstić information content (AvgIpc) is 2.86. The van der Waals surface area contributed by atoms with Crippen LogP contribution in [0.3, 0.4) is 0 Å². The topological polar surface area (TPSA) is 247 Å². The number of hydrogen-bond donors (Lipinski definition) is 8. The molecule has 0 bridgehead atoms. The molecule has 0 saturated carbocycles. The highest BCUT2D eigenvalue weighted by Crippen LogP contribution is 2.06. The summed E-state index contributed by atoms with van der Waals surface area (Å²) in [5, 5.41) is 21.2. The number of nitrogens with two attached hydrogens (primary N) is 2. The van der Waals surface area contributed by atoms with Crippen LogP contribution in [0, 0.1) is 0 Å². The number of carbonyl (C=O) groups excluding carboxylic acids is 5. The maximum Gasteiger partial charge on any atom is 0.326 e. The zero-order valence-electron chi connectivity index (χ0n) is 20.6. The van der Waals surface area contributed by atoms with Gasteiger partial charge < -0.3 is 43.2 Å². The minimum Gasteiger partial charge on any atom is -0.480 e. The molecule has 206 valence electrons. The summed E-state index contributed by atoms with van der Waals surface area (Å²) in [6, 6.07) is 4.97. The third-order valence-electron chi connectivity index (χ3n) is 5.40. The van der Waals surface area contributed by atoms with Crippen LogP contribution in [0.15, 0.2) is 35.3 Å². The molecule has 0 radical (unpaired) electrons. The van der Waals surface area contributed by atoms with Crippen molar-refractivity contribution < 1.29 is 33.9 Å². The van der Waals surface area contributed by atoms with E-state index in [0.717, 1.165) is 0 Å². The van der Waals surface area contributed by atoms with Gasteiger partial charge in [0.25, 0.3) is 0 Å². The lowest BCUT2D eigenvalue weighted by molar-refractivity contribution is -0.143. The molecule has 10 N–H and O–H groups in total. The van der Waals surface area contributed by atoms with Crippen molar-refractivity contribution in [2.75, 3.05) is 19.6 Å². The molecule has 1 aliphatic rings. The number of aliphatic imine (C=N–C) groups is 1. The van der Waals surface area contributed by atoms with Crippen molar-refractivity contribution in [3.05, 3.63) is 35.9 Å².